The van der Waals surface area contributed by atoms with E-state index in [1.54, 1.807) is 18.4 Å². The molecule has 2 rings (SSSR count). The van der Waals surface area contributed by atoms with Crippen molar-refractivity contribution in [3.63, 3.8) is 0 Å². The van der Waals surface area contributed by atoms with Crippen LogP contribution in [0, 0.1) is 0 Å². The van der Waals surface area contributed by atoms with Gasteiger partial charge in [0.15, 0.2) is 0 Å². The minimum Gasteiger partial charge on any atom is -0.496 e. The Hall–Kier alpha value is -0.580. The van der Waals surface area contributed by atoms with Gasteiger partial charge in [-0.15, -0.1) is 11.3 Å². The minimum atomic E-state index is 0.424. The molecule has 1 aliphatic rings. The first-order chi connectivity index (χ1) is 8.33. The number of hydrogen-bond acceptors (Lipinski definition) is 4. The summed E-state index contributed by atoms with van der Waals surface area (Å²) < 4.78 is 10.9. The van der Waals surface area contributed by atoms with Crippen LogP contribution in [0.5, 0.6) is 5.75 Å². The first kappa shape index (κ1) is 12.9. The number of nitrogens with one attached hydrogen (secondary N) is 1. The van der Waals surface area contributed by atoms with Crippen molar-refractivity contribution in [2.24, 2.45) is 0 Å². The first-order valence-corrected chi connectivity index (χ1v) is 7.12. The van der Waals surface area contributed by atoms with E-state index < -0.39 is 0 Å². The smallest absolute Gasteiger partial charge is 0.129 e. The van der Waals surface area contributed by atoms with Crippen LogP contribution in [0.4, 0.5) is 0 Å². The normalized spacial score (nSPS) is 21.6. The van der Waals surface area contributed by atoms with E-state index in [4.69, 9.17) is 9.47 Å². The fraction of sp³-hybridized carbons (Fsp3) is 0.692. The van der Waals surface area contributed by atoms with E-state index in [2.05, 4.69) is 16.8 Å². The molecule has 1 N–H and O–H groups in total. The molecule has 2 unspecified atom stereocenters. The lowest BCUT2D eigenvalue weighted by molar-refractivity contribution is 0.0999. The standard InChI is InChI=1S/C13H21NO2S/c1-14-12(6-5-10-4-3-7-16-10)13-8-11(15-2)9-17-13/h8-10,12,14H,3-7H2,1-2H3. The Balaban J connectivity index is 1.86. The maximum Gasteiger partial charge on any atom is 0.129 e. The second kappa shape index (κ2) is 6.38. The third kappa shape index (κ3) is 3.44. The van der Waals surface area contributed by atoms with Crippen molar-refractivity contribution in [3.05, 3.63) is 16.3 Å². The van der Waals surface area contributed by atoms with E-state index >= 15 is 0 Å². The average molecular weight is 255 g/mol. The van der Waals surface area contributed by atoms with Gasteiger partial charge in [0.2, 0.25) is 0 Å². The molecule has 0 bridgehead atoms. The lowest BCUT2D eigenvalue weighted by Gasteiger charge is -2.16. The summed E-state index contributed by atoms with van der Waals surface area (Å²) >= 11 is 1.76. The predicted octanol–water partition coefficient (Wildman–Crippen LogP) is 2.98. The molecule has 96 valence electrons. The van der Waals surface area contributed by atoms with Crippen molar-refractivity contribution >= 4 is 11.3 Å². The zero-order valence-corrected chi connectivity index (χ0v) is 11.4. The van der Waals surface area contributed by atoms with E-state index in [0.717, 1.165) is 25.2 Å². The van der Waals surface area contributed by atoms with E-state index in [1.807, 2.05) is 7.05 Å². The van der Waals surface area contributed by atoms with Crippen molar-refractivity contribution in [3.8, 4) is 5.75 Å². The van der Waals surface area contributed by atoms with Gasteiger partial charge in [0.05, 0.1) is 13.2 Å². The summed E-state index contributed by atoms with van der Waals surface area (Å²) in [6.45, 7) is 0.946. The quantitative estimate of drug-likeness (QED) is 0.847. The summed E-state index contributed by atoms with van der Waals surface area (Å²) in [5.41, 5.74) is 0. The van der Waals surface area contributed by atoms with Crippen LogP contribution in [-0.4, -0.2) is 26.9 Å². The molecule has 0 radical (unpaired) electrons. The molecule has 1 aromatic heterocycles. The molecule has 3 nitrogen and oxygen atoms in total. The zero-order chi connectivity index (χ0) is 12.1. The summed E-state index contributed by atoms with van der Waals surface area (Å²) in [6.07, 6.45) is 5.20. The number of methoxy groups -OCH3 is 1. The molecule has 0 amide bonds. The van der Waals surface area contributed by atoms with E-state index in [1.165, 1.54) is 17.7 Å². The Labute approximate surface area is 107 Å². The zero-order valence-electron chi connectivity index (χ0n) is 10.6. The monoisotopic (exact) mass is 255 g/mol. The van der Waals surface area contributed by atoms with Crippen LogP contribution < -0.4 is 10.1 Å². The van der Waals surface area contributed by atoms with Gasteiger partial charge in [-0.2, -0.15) is 0 Å². The molecule has 1 aromatic rings. The highest BCUT2D eigenvalue weighted by Gasteiger charge is 2.19. The van der Waals surface area contributed by atoms with Gasteiger partial charge in [-0.1, -0.05) is 0 Å². The SMILES string of the molecule is CNC(CCC1CCCO1)c1cc(OC)cs1. The second-order valence-corrected chi connectivity index (χ2v) is 5.39. The van der Waals surface area contributed by atoms with Crippen LogP contribution in [0.1, 0.15) is 36.6 Å². The van der Waals surface area contributed by atoms with Crippen LogP contribution in [0.15, 0.2) is 11.4 Å². The van der Waals surface area contributed by atoms with Crippen LogP contribution >= 0.6 is 11.3 Å². The van der Waals surface area contributed by atoms with Crippen LogP contribution in [0.2, 0.25) is 0 Å². The molecule has 0 aliphatic carbocycles. The summed E-state index contributed by atoms with van der Waals surface area (Å²) in [4.78, 5) is 1.35. The van der Waals surface area contributed by atoms with Crippen LogP contribution in [0.3, 0.4) is 0 Å². The fourth-order valence-corrected chi connectivity index (χ4v) is 3.28. The molecule has 0 saturated carbocycles. The number of hydrogen-bond donors (Lipinski definition) is 1. The molecule has 2 atom stereocenters. The summed E-state index contributed by atoms with van der Waals surface area (Å²) in [6, 6.07) is 2.55. The minimum absolute atomic E-state index is 0.424. The third-order valence-electron chi connectivity index (χ3n) is 3.32. The van der Waals surface area contributed by atoms with Crippen molar-refractivity contribution in [1.82, 2.24) is 5.32 Å². The summed E-state index contributed by atoms with van der Waals surface area (Å²) in [5, 5.41) is 5.44. The topological polar surface area (TPSA) is 30.5 Å². The molecule has 1 aliphatic heterocycles. The van der Waals surface area contributed by atoms with Crippen molar-refractivity contribution in [2.75, 3.05) is 20.8 Å². The van der Waals surface area contributed by atoms with E-state index in [9.17, 15) is 0 Å². The number of thiophene rings is 1. The van der Waals surface area contributed by atoms with Gasteiger partial charge in [-0.3, -0.25) is 0 Å². The van der Waals surface area contributed by atoms with Gasteiger partial charge >= 0.3 is 0 Å². The largest absolute Gasteiger partial charge is 0.496 e. The molecule has 1 fully saturated rings. The van der Waals surface area contributed by atoms with Gasteiger partial charge < -0.3 is 14.8 Å². The molecular weight excluding hydrogens is 234 g/mol. The fourth-order valence-electron chi connectivity index (χ4n) is 2.28. The molecule has 1 saturated heterocycles. The first-order valence-electron chi connectivity index (χ1n) is 6.24. The maximum absolute atomic E-state index is 5.66. The van der Waals surface area contributed by atoms with Gasteiger partial charge in [-0.05, 0) is 38.8 Å². The number of rotatable bonds is 6. The highest BCUT2D eigenvalue weighted by atomic mass is 32.1. The Morgan fingerprint density at radius 1 is 1.65 bits per heavy atom. The lowest BCUT2D eigenvalue weighted by Crippen LogP contribution is -2.17. The van der Waals surface area contributed by atoms with E-state index in [-0.39, 0.29) is 0 Å². The van der Waals surface area contributed by atoms with Gasteiger partial charge in [0.25, 0.3) is 0 Å². The molecule has 0 aromatic carbocycles. The Kier molecular flexibility index (Phi) is 4.83. The number of ether oxygens (including phenoxy) is 2. The third-order valence-corrected chi connectivity index (χ3v) is 4.35. The molecule has 17 heavy (non-hydrogen) atoms. The maximum atomic E-state index is 5.66. The van der Waals surface area contributed by atoms with Crippen molar-refractivity contribution in [2.45, 2.75) is 37.8 Å². The highest BCUT2D eigenvalue weighted by molar-refractivity contribution is 7.10. The summed E-state index contributed by atoms with van der Waals surface area (Å²) in [7, 11) is 3.74. The average Bonchev–Trinajstić information content (AvgIpc) is 3.00. The van der Waals surface area contributed by atoms with Crippen molar-refractivity contribution < 1.29 is 9.47 Å². The van der Waals surface area contributed by atoms with Crippen molar-refractivity contribution in [1.29, 1.82) is 0 Å². The second-order valence-electron chi connectivity index (χ2n) is 4.44. The summed E-state index contributed by atoms with van der Waals surface area (Å²) in [5.74, 6) is 0.961. The molecule has 2 heterocycles. The van der Waals surface area contributed by atoms with E-state index in [0.29, 0.717) is 12.1 Å². The highest BCUT2D eigenvalue weighted by Crippen LogP contribution is 2.30. The van der Waals surface area contributed by atoms with Gasteiger partial charge in [-0.25, -0.2) is 0 Å². The van der Waals surface area contributed by atoms with Crippen LogP contribution in [0.25, 0.3) is 0 Å². The lowest BCUT2D eigenvalue weighted by atomic mass is 10.0. The molecular formula is C13H21NO2S. The molecule has 0 spiro atoms. The Morgan fingerprint density at radius 2 is 2.53 bits per heavy atom. The Bertz CT molecular complexity index is 334. The van der Waals surface area contributed by atoms with Gasteiger partial charge in [0.1, 0.15) is 5.75 Å². The molecule has 4 heteroatoms. The van der Waals surface area contributed by atoms with Crippen LogP contribution in [-0.2, 0) is 4.74 Å². The predicted molar refractivity (Wildman–Crippen MR) is 70.9 cm³/mol. The van der Waals surface area contributed by atoms with Gasteiger partial charge in [0, 0.05) is 22.9 Å². The Morgan fingerprint density at radius 3 is 3.12 bits per heavy atom.